The molecule has 4 atom stereocenters. The largest absolute Gasteiger partial charge is 0.394 e. The molecule has 0 aliphatic carbocycles. The van der Waals surface area contributed by atoms with Crippen LogP contribution in [0.3, 0.4) is 0 Å². The van der Waals surface area contributed by atoms with Gasteiger partial charge in [-0.05, 0) is 20.9 Å². The van der Waals surface area contributed by atoms with Crippen LogP contribution in [-0.4, -0.2) is 81.4 Å². The Balaban J connectivity index is 0. The van der Waals surface area contributed by atoms with Crippen molar-refractivity contribution in [2.75, 3.05) is 20.2 Å². The molecule has 0 fully saturated rings. The van der Waals surface area contributed by atoms with Gasteiger partial charge in [0.25, 0.3) is 0 Å². The number of hydrogen-bond donors (Lipinski definition) is 7. The molecule has 0 aromatic rings. The number of aliphatic hydroxyl groups excluding tert-OH is 6. The van der Waals surface area contributed by atoms with Crippen molar-refractivity contribution >= 4 is 0 Å². The van der Waals surface area contributed by atoms with Crippen molar-refractivity contribution in [3.05, 3.63) is 0 Å². The second kappa shape index (κ2) is 10.8. The SMILES string of the molecule is CC(C)O.CNC[C@H](O)[C@@H](O)[C@H](O)[C@H](O)CO. The predicted molar refractivity (Wildman–Crippen MR) is 62.4 cm³/mol. The number of hydrogen-bond acceptors (Lipinski definition) is 7. The topological polar surface area (TPSA) is 133 Å². The highest BCUT2D eigenvalue weighted by molar-refractivity contribution is 4.81. The standard InChI is InChI=1S/C7H17NO5.C3H8O/c1-8-2-4(10)6(12)7(13)5(11)3-9;1-3(2)4/h4-13H,2-3H2,1H3;3-4H,1-2H3/t4-,5+,6+,7+;/m0./s1. The Bertz CT molecular complexity index is 166. The lowest BCUT2D eigenvalue weighted by molar-refractivity contribution is -0.113. The molecule has 0 aliphatic rings. The quantitative estimate of drug-likeness (QED) is 0.269. The van der Waals surface area contributed by atoms with Crippen molar-refractivity contribution in [3.63, 3.8) is 0 Å². The van der Waals surface area contributed by atoms with E-state index in [4.69, 9.17) is 25.5 Å². The zero-order chi connectivity index (χ0) is 14.0. The average molecular weight is 255 g/mol. The molecule has 0 heterocycles. The summed E-state index contributed by atoms with van der Waals surface area (Å²) in [5.74, 6) is 0. The molecule has 0 amide bonds. The first-order valence-electron chi connectivity index (χ1n) is 5.43. The number of likely N-dealkylation sites (N-methyl/N-ethyl adjacent to an activating group) is 1. The van der Waals surface area contributed by atoms with Crippen molar-refractivity contribution in [2.24, 2.45) is 0 Å². The molecule has 0 saturated carbocycles. The van der Waals surface area contributed by atoms with E-state index in [9.17, 15) is 5.11 Å². The molecule has 17 heavy (non-hydrogen) atoms. The van der Waals surface area contributed by atoms with Crippen LogP contribution >= 0.6 is 0 Å². The van der Waals surface area contributed by atoms with Crippen molar-refractivity contribution in [2.45, 2.75) is 44.4 Å². The van der Waals surface area contributed by atoms with Gasteiger partial charge >= 0.3 is 0 Å². The molecule has 0 rings (SSSR count). The van der Waals surface area contributed by atoms with E-state index >= 15 is 0 Å². The fraction of sp³-hybridized carbons (Fsp3) is 1.00. The molecule has 0 aromatic heterocycles. The molecule has 0 radical (unpaired) electrons. The summed E-state index contributed by atoms with van der Waals surface area (Å²) < 4.78 is 0. The molecule has 0 aromatic carbocycles. The Labute approximate surface area is 101 Å². The first-order valence-corrected chi connectivity index (χ1v) is 5.43. The third kappa shape index (κ3) is 10.6. The molecule has 0 saturated heterocycles. The van der Waals surface area contributed by atoms with Gasteiger partial charge in [-0.15, -0.1) is 0 Å². The van der Waals surface area contributed by atoms with E-state index in [0.29, 0.717) is 0 Å². The highest BCUT2D eigenvalue weighted by Crippen LogP contribution is 2.04. The molecule has 106 valence electrons. The second-order valence-electron chi connectivity index (χ2n) is 3.95. The van der Waals surface area contributed by atoms with Gasteiger partial charge in [-0.1, -0.05) is 0 Å². The summed E-state index contributed by atoms with van der Waals surface area (Å²) in [6.07, 6.45) is -5.81. The number of aliphatic hydroxyl groups is 6. The van der Waals surface area contributed by atoms with Crippen molar-refractivity contribution < 1.29 is 30.6 Å². The van der Waals surface area contributed by atoms with Gasteiger partial charge < -0.3 is 36.0 Å². The van der Waals surface area contributed by atoms with Crippen LogP contribution in [0.15, 0.2) is 0 Å². The van der Waals surface area contributed by atoms with E-state index < -0.39 is 31.0 Å². The summed E-state index contributed by atoms with van der Waals surface area (Å²) in [4.78, 5) is 0. The Morgan fingerprint density at radius 1 is 0.882 bits per heavy atom. The van der Waals surface area contributed by atoms with Crippen LogP contribution in [0.5, 0.6) is 0 Å². The van der Waals surface area contributed by atoms with Crippen molar-refractivity contribution in [1.29, 1.82) is 0 Å². The second-order valence-corrected chi connectivity index (χ2v) is 3.95. The minimum absolute atomic E-state index is 0.0936. The van der Waals surface area contributed by atoms with Crippen LogP contribution in [0.25, 0.3) is 0 Å². The van der Waals surface area contributed by atoms with Gasteiger partial charge in [0.1, 0.15) is 18.3 Å². The van der Waals surface area contributed by atoms with Gasteiger partial charge in [-0.2, -0.15) is 0 Å². The summed E-state index contributed by atoms with van der Waals surface area (Å²) >= 11 is 0. The fourth-order valence-electron chi connectivity index (χ4n) is 0.893. The average Bonchev–Trinajstić information content (AvgIpc) is 2.25. The Morgan fingerprint density at radius 3 is 1.53 bits per heavy atom. The van der Waals surface area contributed by atoms with Crippen LogP contribution < -0.4 is 5.32 Å². The number of nitrogens with one attached hydrogen (secondary N) is 1. The van der Waals surface area contributed by atoms with Gasteiger partial charge in [0, 0.05) is 12.6 Å². The Morgan fingerprint density at radius 2 is 1.24 bits per heavy atom. The maximum atomic E-state index is 9.21. The highest BCUT2D eigenvalue weighted by atomic mass is 16.4. The third-order valence-corrected chi connectivity index (χ3v) is 1.74. The third-order valence-electron chi connectivity index (χ3n) is 1.74. The maximum absolute atomic E-state index is 9.21. The van der Waals surface area contributed by atoms with E-state index in [1.807, 2.05) is 0 Å². The first kappa shape index (κ1) is 19.1. The van der Waals surface area contributed by atoms with Crippen LogP contribution in [0, 0.1) is 0 Å². The van der Waals surface area contributed by atoms with E-state index in [2.05, 4.69) is 5.32 Å². The van der Waals surface area contributed by atoms with Crippen molar-refractivity contribution in [3.8, 4) is 0 Å². The van der Waals surface area contributed by atoms with Gasteiger partial charge in [0.15, 0.2) is 0 Å². The van der Waals surface area contributed by atoms with Crippen LogP contribution in [0.1, 0.15) is 13.8 Å². The summed E-state index contributed by atoms with van der Waals surface area (Å²) in [6.45, 7) is 2.88. The molecule has 0 spiro atoms. The predicted octanol–water partition coefficient (Wildman–Crippen LogP) is -2.97. The van der Waals surface area contributed by atoms with E-state index in [-0.39, 0.29) is 12.6 Å². The lowest BCUT2D eigenvalue weighted by Crippen LogP contribution is -2.48. The van der Waals surface area contributed by atoms with Crippen LogP contribution in [0.4, 0.5) is 0 Å². The zero-order valence-corrected chi connectivity index (χ0v) is 10.5. The molecule has 7 heteroatoms. The van der Waals surface area contributed by atoms with Crippen LogP contribution in [-0.2, 0) is 0 Å². The molecule has 0 aliphatic heterocycles. The molecular weight excluding hydrogens is 230 g/mol. The molecule has 0 bridgehead atoms. The Kier molecular flexibility index (Phi) is 12.2. The monoisotopic (exact) mass is 255 g/mol. The van der Waals surface area contributed by atoms with E-state index in [1.165, 1.54) is 0 Å². The number of rotatable bonds is 6. The summed E-state index contributed by atoms with van der Waals surface area (Å²) in [5, 5.41) is 55.5. The van der Waals surface area contributed by atoms with Gasteiger partial charge in [-0.3, -0.25) is 0 Å². The fourth-order valence-corrected chi connectivity index (χ4v) is 0.893. The van der Waals surface area contributed by atoms with Gasteiger partial charge in [0.2, 0.25) is 0 Å². The normalized spacial score (nSPS) is 18.0. The Hall–Kier alpha value is -0.280. The van der Waals surface area contributed by atoms with E-state index in [1.54, 1.807) is 20.9 Å². The molecular formula is C10H25NO6. The molecule has 7 N–H and O–H groups in total. The lowest BCUT2D eigenvalue weighted by atomic mass is 10.0. The van der Waals surface area contributed by atoms with Gasteiger partial charge in [0.05, 0.1) is 12.7 Å². The summed E-state index contributed by atoms with van der Waals surface area (Å²) in [7, 11) is 1.57. The zero-order valence-electron chi connectivity index (χ0n) is 10.5. The van der Waals surface area contributed by atoms with E-state index in [0.717, 1.165) is 0 Å². The molecule has 7 nitrogen and oxygen atoms in total. The summed E-state index contributed by atoms with van der Waals surface area (Å²) in [5.41, 5.74) is 0. The van der Waals surface area contributed by atoms with Crippen molar-refractivity contribution in [1.82, 2.24) is 5.32 Å². The first-order chi connectivity index (χ1) is 7.77. The lowest BCUT2D eigenvalue weighted by Gasteiger charge is -2.25. The summed E-state index contributed by atoms with van der Waals surface area (Å²) in [6, 6.07) is 0. The smallest absolute Gasteiger partial charge is 0.111 e. The highest BCUT2D eigenvalue weighted by Gasteiger charge is 2.29. The maximum Gasteiger partial charge on any atom is 0.111 e. The molecule has 0 unspecified atom stereocenters. The minimum Gasteiger partial charge on any atom is -0.394 e. The van der Waals surface area contributed by atoms with Crippen LogP contribution in [0.2, 0.25) is 0 Å². The minimum atomic E-state index is -1.55. The van der Waals surface area contributed by atoms with Gasteiger partial charge in [-0.25, -0.2) is 0 Å².